The van der Waals surface area contributed by atoms with Crippen molar-refractivity contribution in [2.75, 3.05) is 13.1 Å². The number of imidazole rings is 1. The second kappa shape index (κ2) is 6.36. The number of likely N-dealkylation sites (tertiary alicyclic amines) is 1. The highest BCUT2D eigenvalue weighted by Crippen LogP contribution is 2.23. The summed E-state index contributed by atoms with van der Waals surface area (Å²) >= 11 is 0. The van der Waals surface area contributed by atoms with Crippen molar-refractivity contribution in [3.63, 3.8) is 0 Å². The lowest BCUT2D eigenvalue weighted by Crippen LogP contribution is -2.38. The molecule has 2 amide bonds. The predicted molar refractivity (Wildman–Crippen MR) is 98.1 cm³/mol. The number of aryl methyl sites for hydroxylation is 2. The third-order valence-corrected chi connectivity index (χ3v) is 4.87. The molecule has 8 heteroatoms. The molecule has 1 fully saturated rings. The van der Waals surface area contributed by atoms with Crippen LogP contribution in [0.25, 0.3) is 11.0 Å². The number of urea groups is 1. The van der Waals surface area contributed by atoms with Crippen molar-refractivity contribution in [1.82, 2.24) is 30.0 Å². The largest absolute Gasteiger partial charge is 0.334 e. The first kappa shape index (κ1) is 16.4. The van der Waals surface area contributed by atoms with Gasteiger partial charge in [0.25, 0.3) is 0 Å². The van der Waals surface area contributed by atoms with E-state index in [4.69, 9.17) is 0 Å². The molecule has 0 saturated carbocycles. The zero-order valence-electron chi connectivity index (χ0n) is 14.9. The highest BCUT2D eigenvalue weighted by atomic mass is 16.2. The summed E-state index contributed by atoms with van der Waals surface area (Å²) in [6, 6.07) is 7.83. The number of carbonyl (C=O) groups is 1. The molecule has 2 aromatic heterocycles. The number of nitrogens with zero attached hydrogens (tertiary/aromatic N) is 3. The van der Waals surface area contributed by atoms with Gasteiger partial charge in [-0.15, -0.1) is 0 Å². The number of carbonyl (C=O) groups excluding carboxylic acids is 1. The SMILES string of the molecule is Cc1cc(C)n(C2CCN(C(=O)NCc3ccc4[nH]c(=O)[nH]c4c3)C2)n1. The fourth-order valence-electron chi connectivity index (χ4n) is 3.62. The zero-order valence-corrected chi connectivity index (χ0v) is 14.9. The van der Waals surface area contributed by atoms with Crippen LogP contribution in [0, 0.1) is 13.8 Å². The van der Waals surface area contributed by atoms with E-state index in [1.165, 1.54) is 0 Å². The molecular formula is C18H22N6O2. The van der Waals surface area contributed by atoms with Gasteiger partial charge in [-0.25, -0.2) is 9.59 Å². The molecule has 1 aromatic carbocycles. The second-order valence-corrected chi connectivity index (χ2v) is 6.88. The maximum Gasteiger partial charge on any atom is 0.323 e. The van der Waals surface area contributed by atoms with E-state index in [0.717, 1.165) is 41.0 Å². The van der Waals surface area contributed by atoms with E-state index >= 15 is 0 Å². The van der Waals surface area contributed by atoms with Crippen molar-refractivity contribution in [2.24, 2.45) is 0 Å². The molecule has 0 aliphatic carbocycles. The van der Waals surface area contributed by atoms with Gasteiger partial charge < -0.3 is 20.2 Å². The number of hydrogen-bond acceptors (Lipinski definition) is 3. The summed E-state index contributed by atoms with van der Waals surface area (Å²) in [5.41, 5.74) is 4.35. The summed E-state index contributed by atoms with van der Waals surface area (Å²) in [7, 11) is 0. The molecule has 0 radical (unpaired) electrons. The number of rotatable bonds is 3. The highest BCUT2D eigenvalue weighted by molar-refractivity contribution is 5.76. The Labute approximate surface area is 150 Å². The van der Waals surface area contributed by atoms with Gasteiger partial charge >= 0.3 is 11.7 Å². The molecule has 8 nitrogen and oxygen atoms in total. The Morgan fingerprint density at radius 1 is 1.27 bits per heavy atom. The fourth-order valence-corrected chi connectivity index (χ4v) is 3.62. The predicted octanol–water partition coefficient (Wildman–Crippen LogP) is 1.83. The monoisotopic (exact) mass is 354 g/mol. The Hall–Kier alpha value is -3.03. The average Bonchev–Trinajstić information content (AvgIpc) is 3.29. The van der Waals surface area contributed by atoms with Crippen LogP contribution >= 0.6 is 0 Å². The number of aromatic nitrogens is 4. The van der Waals surface area contributed by atoms with E-state index < -0.39 is 0 Å². The number of hydrogen-bond donors (Lipinski definition) is 3. The Kier molecular flexibility index (Phi) is 4.02. The lowest BCUT2D eigenvalue weighted by atomic mass is 10.2. The minimum Gasteiger partial charge on any atom is -0.334 e. The minimum atomic E-state index is -0.228. The van der Waals surface area contributed by atoms with Crippen molar-refractivity contribution in [1.29, 1.82) is 0 Å². The zero-order chi connectivity index (χ0) is 18.3. The second-order valence-electron chi connectivity index (χ2n) is 6.88. The van der Waals surface area contributed by atoms with Crippen LogP contribution in [0.1, 0.15) is 29.4 Å². The van der Waals surface area contributed by atoms with Crippen molar-refractivity contribution in [3.8, 4) is 0 Å². The smallest absolute Gasteiger partial charge is 0.323 e. The molecule has 0 spiro atoms. The van der Waals surface area contributed by atoms with Crippen LogP contribution in [0.3, 0.4) is 0 Å². The van der Waals surface area contributed by atoms with Crippen molar-refractivity contribution in [3.05, 3.63) is 51.7 Å². The first-order valence-corrected chi connectivity index (χ1v) is 8.76. The number of amides is 2. The van der Waals surface area contributed by atoms with Crippen LogP contribution in [0.5, 0.6) is 0 Å². The number of aromatic amines is 2. The molecule has 3 aromatic rings. The summed E-state index contributed by atoms with van der Waals surface area (Å²) < 4.78 is 2.03. The molecule has 3 N–H and O–H groups in total. The normalized spacial score (nSPS) is 17.2. The summed E-state index contributed by atoms with van der Waals surface area (Å²) in [5, 5.41) is 7.50. The molecule has 1 aliphatic heterocycles. The quantitative estimate of drug-likeness (QED) is 0.669. The van der Waals surface area contributed by atoms with Crippen molar-refractivity contribution < 1.29 is 4.79 Å². The van der Waals surface area contributed by atoms with Gasteiger partial charge in [0.2, 0.25) is 0 Å². The lowest BCUT2D eigenvalue weighted by Gasteiger charge is -2.18. The van der Waals surface area contributed by atoms with Gasteiger partial charge in [0.1, 0.15) is 0 Å². The van der Waals surface area contributed by atoms with E-state index in [2.05, 4.69) is 26.4 Å². The summed E-state index contributed by atoms with van der Waals surface area (Å²) in [4.78, 5) is 31.1. The van der Waals surface area contributed by atoms with Crippen LogP contribution < -0.4 is 11.0 Å². The molecule has 0 bridgehead atoms. The summed E-state index contributed by atoms with van der Waals surface area (Å²) in [6.07, 6.45) is 0.909. The third kappa shape index (κ3) is 3.10. The highest BCUT2D eigenvalue weighted by Gasteiger charge is 2.28. The maximum atomic E-state index is 12.5. The van der Waals surface area contributed by atoms with Crippen molar-refractivity contribution in [2.45, 2.75) is 32.9 Å². The summed E-state index contributed by atoms with van der Waals surface area (Å²) in [6.45, 7) is 5.84. The van der Waals surface area contributed by atoms with Crippen molar-refractivity contribution >= 4 is 17.1 Å². The van der Waals surface area contributed by atoms with Gasteiger partial charge in [-0.1, -0.05) is 6.07 Å². The van der Waals surface area contributed by atoms with Crippen LogP contribution in [0.15, 0.2) is 29.1 Å². The molecule has 1 unspecified atom stereocenters. The number of fused-ring (bicyclic) bond motifs is 1. The van der Waals surface area contributed by atoms with Gasteiger partial charge in [-0.2, -0.15) is 5.10 Å². The molecule has 26 heavy (non-hydrogen) atoms. The summed E-state index contributed by atoms with van der Waals surface area (Å²) in [5.74, 6) is 0. The molecule has 1 aliphatic rings. The molecule has 136 valence electrons. The molecule has 1 atom stereocenters. The first-order valence-electron chi connectivity index (χ1n) is 8.76. The molecule has 4 rings (SSSR count). The van der Waals surface area contributed by atoms with Crippen LogP contribution in [-0.2, 0) is 6.54 Å². The van der Waals surface area contributed by atoms with Gasteiger partial charge in [0.05, 0.1) is 22.8 Å². The van der Waals surface area contributed by atoms with Gasteiger partial charge in [0.15, 0.2) is 0 Å². The van der Waals surface area contributed by atoms with E-state index in [-0.39, 0.29) is 17.8 Å². The molecule has 1 saturated heterocycles. The Balaban J connectivity index is 1.37. The van der Waals surface area contributed by atoms with E-state index in [1.54, 1.807) is 0 Å². The molecular weight excluding hydrogens is 332 g/mol. The van der Waals surface area contributed by atoms with Gasteiger partial charge in [-0.05, 0) is 44.0 Å². The van der Waals surface area contributed by atoms with Gasteiger partial charge in [-0.3, -0.25) is 4.68 Å². The number of H-pyrrole nitrogens is 2. The minimum absolute atomic E-state index is 0.0725. The first-order chi connectivity index (χ1) is 12.5. The lowest BCUT2D eigenvalue weighted by molar-refractivity contribution is 0.206. The Morgan fingerprint density at radius 2 is 2.08 bits per heavy atom. The van der Waals surface area contributed by atoms with Gasteiger partial charge in [0, 0.05) is 25.3 Å². The van der Waals surface area contributed by atoms with Crippen LogP contribution in [0.2, 0.25) is 0 Å². The van der Waals surface area contributed by atoms with Crippen LogP contribution in [0.4, 0.5) is 4.79 Å². The van der Waals surface area contributed by atoms with E-state index in [1.807, 2.05) is 41.6 Å². The van der Waals surface area contributed by atoms with E-state index in [0.29, 0.717) is 13.1 Å². The number of nitrogens with one attached hydrogen (secondary N) is 3. The number of benzene rings is 1. The fraction of sp³-hybridized carbons (Fsp3) is 0.389. The Bertz CT molecular complexity index is 1010. The standard InChI is InChI=1S/C18H22N6O2/c1-11-7-12(2)24(22-11)14-5-6-23(10-14)18(26)19-9-13-3-4-15-16(8-13)21-17(25)20-15/h3-4,7-8,14H,5-6,9-10H2,1-2H3,(H,19,26)(H2,20,21,25). The molecule has 3 heterocycles. The van der Waals surface area contributed by atoms with E-state index in [9.17, 15) is 9.59 Å². The third-order valence-electron chi connectivity index (χ3n) is 4.87. The topological polar surface area (TPSA) is 98.8 Å². The Morgan fingerprint density at radius 3 is 2.85 bits per heavy atom. The maximum absolute atomic E-state index is 12.5. The van der Waals surface area contributed by atoms with Crippen LogP contribution in [-0.4, -0.2) is 43.8 Å². The average molecular weight is 354 g/mol.